The highest BCUT2D eigenvalue weighted by atomic mass is 16.5. The van der Waals surface area contributed by atoms with Gasteiger partial charge in [0.1, 0.15) is 5.75 Å². The Balaban J connectivity index is 1.62. The zero-order valence-electron chi connectivity index (χ0n) is 17.9. The van der Waals surface area contributed by atoms with Crippen molar-refractivity contribution in [1.82, 2.24) is 5.32 Å². The summed E-state index contributed by atoms with van der Waals surface area (Å²) in [5, 5.41) is 5.79. The average molecular weight is 417 g/mol. The fraction of sp³-hybridized carbons (Fsp3) is 0.231. The van der Waals surface area contributed by atoms with Crippen molar-refractivity contribution >= 4 is 17.5 Å². The zero-order valence-corrected chi connectivity index (χ0v) is 17.9. The van der Waals surface area contributed by atoms with Crippen LogP contribution < -0.4 is 15.4 Å². The number of anilines is 1. The van der Waals surface area contributed by atoms with E-state index in [4.69, 9.17) is 4.74 Å². The molecule has 0 saturated heterocycles. The molecule has 0 aromatic heterocycles. The number of para-hydroxylation sites is 1. The van der Waals surface area contributed by atoms with Gasteiger partial charge in [-0.25, -0.2) is 0 Å². The van der Waals surface area contributed by atoms with Crippen molar-refractivity contribution in [1.29, 1.82) is 0 Å². The van der Waals surface area contributed by atoms with Gasteiger partial charge in [-0.3, -0.25) is 9.59 Å². The second-order valence-electron chi connectivity index (χ2n) is 7.35. The van der Waals surface area contributed by atoms with Gasteiger partial charge in [-0.1, -0.05) is 67.1 Å². The minimum absolute atomic E-state index is 0.223. The van der Waals surface area contributed by atoms with Gasteiger partial charge in [-0.05, 0) is 49.6 Å². The first-order chi connectivity index (χ1) is 15.1. The predicted octanol–water partition coefficient (Wildman–Crippen LogP) is 4.76. The van der Waals surface area contributed by atoms with Gasteiger partial charge in [0, 0.05) is 6.54 Å². The molecule has 0 spiro atoms. The number of ether oxygens (including phenoxy) is 1. The van der Waals surface area contributed by atoms with Crippen LogP contribution >= 0.6 is 0 Å². The largest absolute Gasteiger partial charge is 0.481 e. The van der Waals surface area contributed by atoms with E-state index in [1.165, 1.54) is 0 Å². The quantitative estimate of drug-likeness (QED) is 0.528. The van der Waals surface area contributed by atoms with E-state index < -0.39 is 6.10 Å². The molecule has 0 unspecified atom stereocenters. The second kappa shape index (κ2) is 11.0. The lowest BCUT2D eigenvalue weighted by Crippen LogP contribution is -2.33. The normalized spacial score (nSPS) is 11.4. The molecule has 2 amide bonds. The Labute approximate surface area is 183 Å². The summed E-state index contributed by atoms with van der Waals surface area (Å²) in [4.78, 5) is 25.5. The molecule has 5 nitrogen and oxygen atoms in total. The zero-order chi connectivity index (χ0) is 22.1. The molecule has 31 heavy (non-hydrogen) atoms. The smallest absolute Gasteiger partial charge is 0.265 e. The molecule has 1 atom stereocenters. The number of rotatable bonds is 9. The molecule has 2 N–H and O–H groups in total. The van der Waals surface area contributed by atoms with Crippen LogP contribution in [-0.4, -0.2) is 24.5 Å². The maximum atomic E-state index is 12.8. The van der Waals surface area contributed by atoms with Gasteiger partial charge in [0.25, 0.3) is 11.8 Å². The van der Waals surface area contributed by atoms with Crippen LogP contribution in [0.3, 0.4) is 0 Å². The van der Waals surface area contributed by atoms with Crippen molar-refractivity contribution in [2.45, 2.75) is 32.8 Å². The third-order valence-electron chi connectivity index (χ3n) is 4.93. The lowest BCUT2D eigenvalue weighted by Gasteiger charge is -2.18. The Morgan fingerprint density at radius 1 is 0.903 bits per heavy atom. The molecule has 0 aliphatic rings. The number of nitrogens with one attached hydrogen (secondary N) is 2. The van der Waals surface area contributed by atoms with Crippen LogP contribution in [-0.2, 0) is 11.2 Å². The number of hydrogen-bond donors (Lipinski definition) is 2. The number of benzene rings is 3. The Morgan fingerprint density at radius 2 is 1.58 bits per heavy atom. The summed E-state index contributed by atoms with van der Waals surface area (Å²) in [6.45, 7) is 4.40. The summed E-state index contributed by atoms with van der Waals surface area (Å²) in [6.07, 6.45) is 0.589. The van der Waals surface area contributed by atoms with Crippen molar-refractivity contribution in [3.05, 3.63) is 95.6 Å². The van der Waals surface area contributed by atoms with Crippen LogP contribution in [0, 0.1) is 6.92 Å². The first-order valence-electron chi connectivity index (χ1n) is 10.5. The van der Waals surface area contributed by atoms with Crippen molar-refractivity contribution in [2.24, 2.45) is 0 Å². The summed E-state index contributed by atoms with van der Waals surface area (Å²) in [7, 11) is 0. The fourth-order valence-electron chi connectivity index (χ4n) is 3.17. The van der Waals surface area contributed by atoms with Gasteiger partial charge in [0.15, 0.2) is 6.10 Å². The average Bonchev–Trinajstić information content (AvgIpc) is 2.79. The van der Waals surface area contributed by atoms with Gasteiger partial charge in [-0.15, -0.1) is 0 Å². The predicted molar refractivity (Wildman–Crippen MR) is 123 cm³/mol. The highest BCUT2D eigenvalue weighted by Crippen LogP contribution is 2.18. The van der Waals surface area contributed by atoms with Crippen LogP contribution in [0.4, 0.5) is 5.69 Å². The SMILES string of the molecule is CC[C@H](Oc1ccc(C)cc1)C(=O)Nc1ccccc1C(=O)NCCc1ccccc1. The maximum Gasteiger partial charge on any atom is 0.265 e. The van der Waals surface area contributed by atoms with Crippen LogP contribution in [0.15, 0.2) is 78.9 Å². The molecule has 0 aliphatic heterocycles. The first-order valence-corrected chi connectivity index (χ1v) is 10.5. The molecule has 0 heterocycles. The first kappa shape index (κ1) is 22.1. The van der Waals surface area contributed by atoms with E-state index in [9.17, 15) is 9.59 Å². The molecule has 3 aromatic rings. The molecule has 0 bridgehead atoms. The summed E-state index contributed by atoms with van der Waals surface area (Å²) < 4.78 is 5.85. The van der Waals surface area contributed by atoms with Crippen molar-refractivity contribution < 1.29 is 14.3 Å². The van der Waals surface area contributed by atoms with Gasteiger partial charge in [0.05, 0.1) is 11.3 Å². The molecule has 160 valence electrons. The van der Waals surface area contributed by atoms with Crippen LogP contribution in [0.5, 0.6) is 5.75 Å². The molecule has 5 heteroatoms. The third kappa shape index (κ3) is 6.44. The van der Waals surface area contributed by atoms with Crippen LogP contribution in [0.25, 0.3) is 0 Å². The fourth-order valence-corrected chi connectivity index (χ4v) is 3.17. The highest BCUT2D eigenvalue weighted by Gasteiger charge is 2.21. The second-order valence-corrected chi connectivity index (χ2v) is 7.35. The van der Waals surface area contributed by atoms with E-state index in [2.05, 4.69) is 10.6 Å². The Bertz CT molecular complexity index is 1000. The Morgan fingerprint density at radius 3 is 2.29 bits per heavy atom. The summed E-state index contributed by atoms with van der Waals surface area (Å²) in [6, 6.07) is 24.5. The maximum absolute atomic E-state index is 12.8. The summed E-state index contributed by atoms with van der Waals surface area (Å²) >= 11 is 0. The molecule has 3 aromatic carbocycles. The van der Waals surface area contributed by atoms with Crippen molar-refractivity contribution in [3.8, 4) is 5.75 Å². The highest BCUT2D eigenvalue weighted by molar-refractivity contribution is 6.04. The Hall–Kier alpha value is -3.60. The van der Waals surface area contributed by atoms with Crippen LogP contribution in [0.1, 0.15) is 34.8 Å². The number of hydrogen-bond acceptors (Lipinski definition) is 3. The molecule has 0 radical (unpaired) electrons. The Kier molecular flexibility index (Phi) is 7.82. The van der Waals surface area contributed by atoms with Gasteiger partial charge < -0.3 is 15.4 Å². The molecule has 0 aliphatic carbocycles. The molecule has 3 rings (SSSR count). The lowest BCUT2D eigenvalue weighted by molar-refractivity contribution is -0.122. The van der Waals surface area contributed by atoms with E-state index in [1.54, 1.807) is 24.3 Å². The van der Waals surface area contributed by atoms with E-state index in [1.807, 2.05) is 68.4 Å². The van der Waals surface area contributed by atoms with E-state index in [0.29, 0.717) is 30.0 Å². The van der Waals surface area contributed by atoms with Gasteiger partial charge >= 0.3 is 0 Å². The van der Waals surface area contributed by atoms with Gasteiger partial charge in [-0.2, -0.15) is 0 Å². The summed E-state index contributed by atoms with van der Waals surface area (Å²) in [5.74, 6) is 0.131. The molecule has 0 saturated carbocycles. The van der Waals surface area contributed by atoms with Crippen LogP contribution in [0.2, 0.25) is 0 Å². The number of carbonyl (C=O) groups is 2. The molecular weight excluding hydrogens is 388 g/mol. The van der Waals surface area contributed by atoms with E-state index in [-0.39, 0.29) is 11.8 Å². The molecule has 0 fully saturated rings. The van der Waals surface area contributed by atoms with Gasteiger partial charge in [0.2, 0.25) is 0 Å². The summed E-state index contributed by atoms with van der Waals surface area (Å²) in [5.41, 5.74) is 3.17. The minimum atomic E-state index is -0.656. The number of carbonyl (C=O) groups excluding carboxylic acids is 2. The monoisotopic (exact) mass is 416 g/mol. The topological polar surface area (TPSA) is 67.4 Å². The molecular formula is C26H28N2O3. The van der Waals surface area contributed by atoms with E-state index in [0.717, 1.165) is 17.5 Å². The standard InChI is InChI=1S/C26H28N2O3/c1-3-24(31-21-15-13-19(2)14-16-21)26(30)28-23-12-8-7-11-22(23)25(29)27-18-17-20-9-5-4-6-10-20/h4-16,24H,3,17-18H2,1-2H3,(H,27,29)(H,28,30)/t24-/m0/s1. The number of aryl methyl sites for hydroxylation is 1. The third-order valence-corrected chi connectivity index (χ3v) is 4.93. The number of amides is 2. The van der Waals surface area contributed by atoms with Crippen molar-refractivity contribution in [3.63, 3.8) is 0 Å². The van der Waals surface area contributed by atoms with E-state index >= 15 is 0 Å². The lowest BCUT2D eigenvalue weighted by atomic mass is 10.1. The van der Waals surface area contributed by atoms with Crippen molar-refractivity contribution in [2.75, 3.05) is 11.9 Å². The minimum Gasteiger partial charge on any atom is -0.481 e.